The zero-order chi connectivity index (χ0) is 29.6. The van der Waals surface area contributed by atoms with Gasteiger partial charge >= 0.3 is 11.9 Å². The topological polar surface area (TPSA) is 152 Å². The first-order valence-corrected chi connectivity index (χ1v) is 15.6. The molecule has 1 fully saturated rings. The molecule has 1 aliphatic heterocycles. The van der Waals surface area contributed by atoms with Crippen LogP contribution in [0.25, 0.3) is 0 Å². The molecular formula is C30H56O10. The van der Waals surface area contributed by atoms with Crippen LogP contribution < -0.4 is 0 Å². The Morgan fingerprint density at radius 3 is 1.70 bits per heavy atom. The van der Waals surface area contributed by atoms with Crippen molar-refractivity contribution in [1.82, 2.24) is 0 Å². The van der Waals surface area contributed by atoms with Gasteiger partial charge in [-0.15, -0.1) is 0 Å². The van der Waals surface area contributed by atoms with Crippen molar-refractivity contribution in [2.45, 2.75) is 160 Å². The number of aliphatic hydroxyl groups excluding tert-OH is 4. The minimum Gasteiger partial charge on any atom is -0.462 e. The van der Waals surface area contributed by atoms with E-state index in [9.17, 15) is 30.0 Å². The van der Waals surface area contributed by atoms with Crippen LogP contribution in [0.2, 0.25) is 0 Å². The maximum Gasteiger partial charge on any atom is 0.306 e. The summed E-state index contributed by atoms with van der Waals surface area (Å²) in [5.74, 6) is -0.819. The Morgan fingerprint density at radius 1 is 0.675 bits per heavy atom. The summed E-state index contributed by atoms with van der Waals surface area (Å²) in [7, 11) is 0. The Balaban J connectivity index is 2.48. The van der Waals surface area contributed by atoms with Crippen molar-refractivity contribution in [2.24, 2.45) is 0 Å². The first-order chi connectivity index (χ1) is 19.3. The van der Waals surface area contributed by atoms with Gasteiger partial charge in [-0.25, -0.2) is 0 Å². The van der Waals surface area contributed by atoms with E-state index in [-0.39, 0.29) is 32.0 Å². The lowest BCUT2D eigenvalue weighted by atomic mass is 9.99. The van der Waals surface area contributed by atoms with E-state index in [0.717, 1.165) is 44.9 Å². The van der Waals surface area contributed by atoms with Gasteiger partial charge < -0.3 is 39.4 Å². The predicted octanol–water partition coefficient (Wildman–Crippen LogP) is 3.93. The molecule has 0 aromatic carbocycles. The average Bonchev–Trinajstić information content (AvgIpc) is 2.95. The highest BCUT2D eigenvalue weighted by atomic mass is 16.7. The molecule has 0 radical (unpaired) electrons. The summed E-state index contributed by atoms with van der Waals surface area (Å²) in [4.78, 5) is 24.7. The van der Waals surface area contributed by atoms with Gasteiger partial charge in [-0.2, -0.15) is 0 Å². The van der Waals surface area contributed by atoms with Crippen molar-refractivity contribution in [3.63, 3.8) is 0 Å². The van der Waals surface area contributed by atoms with Gasteiger partial charge in [0.1, 0.15) is 31.0 Å². The molecule has 0 unspecified atom stereocenters. The zero-order valence-electron chi connectivity index (χ0n) is 24.8. The van der Waals surface area contributed by atoms with Crippen LogP contribution in [0.4, 0.5) is 0 Å². The number of carbonyl (C=O) groups is 2. The van der Waals surface area contributed by atoms with Gasteiger partial charge in [-0.05, 0) is 12.8 Å². The normalized spacial score (nSPS) is 23.6. The molecule has 1 saturated heterocycles. The van der Waals surface area contributed by atoms with Crippen LogP contribution in [-0.4, -0.2) is 89.0 Å². The maximum absolute atomic E-state index is 12.4. The van der Waals surface area contributed by atoms with Crippen molar-refractivity contribution in [1.29, 1.82) is 0 Å². The Morgan fingerprint density at radius 2 is 1.18 bits per heavy atom. The number of ether oxygens (including phenoxy) is 4. The van der Waals surface area contributed by atoms with E-state index in [1.54, 1.807) is 0 Å². The number of hydrogen-bond acceptors (Lipinski definition) is 10. The third-order valence-electron chi connectivity index (χ3n) is 7.24. The summed E-state index contributed by atoms with van der Waals surface area (Å²) in [6.07, 6.45) is 8.80. The molecule has 0 aromatic heterocycles. The average molecular weight is 577 g/mol. The molecule has 6 atom stereocenters. The molecule has 0 bridgehead atoms. The minimum atomic E-state index is -1.58. The molecule has 236 valence electrons. The fraction of sp³-hybridized carbons (Fsp3) is 0.933. The van der Waals surface area contributed by atoms with E-state index < -0.39 is 49.4 Å². The smallest absolute Gasteiger partial charge is 0.306 e. The molecule has 1 heterocycles. The number of carbonyl (C=O) groups excluding carboxylic acids is 2. The zero-order valence-corrected chi connectivity index (χ0v) is 24.8. The molecule has 10 nitrogen and oxygen atoms in total. The van der Waals surface area contributed by atoms with Crippen LogP contribution in [-0.2, 0) is 28.5 Å². The summed E-state index contributed by atoms with van der Waals surface area (Å²) in [5.41, 5.74) is 0. The molecule has 0 spiro atoms. The van der Waals surface area contributed by atoms with Crippen LogP contribution in [0, 0.1) is 0 Å². The van der Waals surface area contributed by atoms with Crippen molar-refractivity contribution in [3.05, 3.63) is 0 Å². The molecule has 1 aliphatic rings. The van der Waals surface area contributed by atoms with Crippen molar-refractivity contribution in [3.8, 4) is 0 Å². The van der Waals surface area contributed by atoms with Gasteiger partial charge in [-0.1, -0.05) is 97.3 Å². The molecule has 0 saturated carbocycles. The predicted molar refractivity (Wildman–Crippen MR) is 150 cm³/mol. The van der Waals surface area contributed by atoms with Crippen LogP contribution in [0.1, 0.15) is 123 Å². The fourth-order valence-electron chi connectivity index (χ4n) is 4.66. The fourth-order valence-corrected chi connectivity index (χ4v) is 4.66. The van der Waals surface area contributed by atoms with Crippen molar-refractivity contribution >= 4 is 11.9 Å². The maximum atomic E-state index is 12.4. The lowest BCUT2D eigenvalue weighted by Gasteiger charge is -2.39. The number of unbranched alkanes of at least 4 members (excludes halogenated alkanes) is 13. The Labute approximate surface area is 240 Å². The van der Waals surface area contributed by atoms with E-state index in [2.05, 4.69) is 13.8 Å². The molecule has 0 amide bonds. The first kappa shape index (κ1) is 36.7. The quantitative estimate of drug-likeness (QED) is 0.0982. The molecule has 0 aliphatic carbocycles. The lowest BCUT2D eigenvalue weighted by Crippen LogP contribution is -2.59. The van der Waals surface area contributed by atoms with E-state index in [1.165, 1.54) is 44.9 Å². The second kappa shape index (κ2) is 23.3. The van der Waals surface area contributed by atoms with Gasteiger partial charge in [0.2, 0.25) is 0 Å². The van der Waals surface area contributed by atoms with Crippen LogP contribution in [0.5, 0.6) is 0 Å². The Hall–Kier alpha value is -1.30. The number of aliphatic hydroxyl groups is 4. The molecule has 4 N–H and O–H groups in total. The molecule has 1 rings (SSSR count). The van der Waals surface area contributed by atoms with E-state index in [1.807, 2.05) is 0 Å². The van der Waals surface area contributed by atoms with Gasteiger partial charge in [0, 0.05) is 12.8 Å². The van der Waals surface area contributed by atoms with E-state index >= 15 is 0 Å². The van der Waals surface area contributed by atoms with Gasteiger partial charge in [0.15, 0.2) is 12.4 Å². The summed E-state index contributed by atoms with van der Waals surface area (Å²) >= 11 is 0. The first-order valence-electron chi connectivity index (χ1n) is 15.6. The second-order valence-electron chi connectivity index (χ2n) is 10.9. The highest BCUT2D eigenvalue weighted by Crippen LogP contribution is 2.22. The van der Waals surface area contributed by atoms with E-state index in [4.69, 9.17) is 18.9 Å². The van der Waals surface area contributed by atoms with E-state index in [0.29, 0.717) is 6.42 Å². The largest absolute Gasteiger partial charge is 0.462 e. The number of rotatable bonds is 24. The van der Waals surface area contributed by atoms with Crippen LogP contribution in [0.15, 0.2) is 0 Å². The molecule has 10 heteroatoms. The van der Waals surface area contributed by atoms with Gasteiger partial charge in [0.05, 0.1) is 13.2 Å². The molecule has 40 heavy (non-hydrogen) atoms. The summed E-state index contributed by atoms with van der Waals surface area (Å²) in [6.45, 7) is 3.28. The molecule has 0 aromatic rings. The lowest BCUT2D eigenvalue weighted by molar-refractivity contribution is -0.305. The Bertz CT molecular complexity index is 644. The summed E-state index contributed by atoms with van der Waals surface area (Å²) in [5, 5.41) is 39.5. The van der Waals surface area contributed by atoms with Gasteiger partial charge in [-0.3, -0.25) is 9.59 Å². The summed E-state index contributed by atoms with van der Waals surface area (Å²) in [6, 6.07) is 0. The third kappa shape index (κ3) is 16.2. The number of hydrogen-bond donors (Lipinski definition) is 4. The Kier molecular flexibility index (Phi) is 21.4. The molecular weight excluding hydrogens is 520 g/mol. The minimum absolute atomic E-state index is 0.212. The van der Waals surface area contributed by atoms with Crippen molar-refractivity contribution in [2.75, 3.05) is 19.8 Å². The van der Waals surface area contributed by atoms with Crippen LogP contribution >= 0.6 is 0 Å². The second-order valence-corrected chi connectivity index (χ2v) is 10.9. The van der Waals surface area contributed by atoms with Crippen LogP contribution in [0.3, 0.4) is 0 Å². The van der Waals surface area contributed by atoms with Crippen molar-refractivity contribution < 1.29 is 49.0 Å². The SMILES string of the molecule is CCCCCCCCCCCC(=O)OC[C@H](CO[C@@H]1O[C@H](CO)[C@H](O)[C@H](O)[C@H]1O)OC(=O)CCCCCCCC. The summed E-state index contributed by atoms with van der Waals surface area (Å²) < 4.78 is 21.8. The number of esters is 2. The highest BCUT2D eigenvalue weighted by molar-refractivity contribution is 5.70. The highest BCUT2D eigenvalue weighted by Gasteiger charge is 2.44. The third-order valence-corrected chi connectivity index (χ3v) is 7.24. The van der Waals surface area contributed by atoms with Gasteiger partial charge in [0.25, 0.3) is 0 Å². The monoisotopic (exact) mass is 576 g/mol. The standard InChI is InChI=1S/C30H56O10/c1-3-5-7-9-11-12-13-15-16-18-25(32)37-21-23(39-26(33)19-17-14-10-8-6-4-2)22-38-30-29(36)28(35)27(34)24(20-31)40-30/h23-24,27-31,34-36H,3-22H2,1-2H3/t23-,24-,27+,28+,29-,30-/m1/s1.